The van der Waals surface area contributed by atoms with Crippen LogP contribution in [0.2, 0.25) is 0 Å². The number of fused-ring (bicyclic) bond motifs is 1. The van der Waals surface area contributed by atoms with E-state index in [1.54, 1.807) is 6.92 Å². The van der Waals surface area contributed by atoms with Crippen LogP contribution in [-0.4, -0.2) is 28.2 Å². The van der Waals surface area contributed by atoms with Crippen molar-refractivity contribution in [3.63, 3.8) is 0 Å². The molecule has 0 saturated heterocycles. The van der Waals surface area contributed by atoms with E-state index in [-0.39, 0.29) is 17.0 Å². The molecule has 8 heteroatoms. The molecule has 0 heterocycles. The Morgan fingerprint density at radius 3 is 2.71 bits per heavy atom. The standard InChI is InChI=1S/C20H18N4O4/c1-13(22-18-8-4-6-14-5-2-3-7-17(14)18)20(26)23-21-12-15-11-16(24(27)28)9-10-19(15)25/h2-13,22,25H,1H3,(H,23,26)/b21-12-/t13-/m1/s1. The average molecular weight is 378 g/mol. The van der Waals surface area contributed by atoms with Gasteiger partial charge in [-0.1, -0.05) is 36.4 Å². The van der Waals surface area contributed by atoms with E-state index in [1.807, 2.05) is 42.5 Å². The number of phenols is 1. The maximum atomic E-state index is 12.3. The van der Waals surface area contributed by atoms with Crippen LogP contribution in [-0.2, 0) is 4.79 Å². The van der Waals surface area contributed by atoms with Gasteiger partial charge in [0.25, 0.3) is 11.6 Å². The van der Waals surface area contributed by atoms with E-state index in [9.17, 15) is 20.0 Å². The van der Waals surface area contributed by atoms with Crippen LogP contribution in [0, 0.1) is 10.1 Å². The van der Waals surface area contributed by atoms with E-state index in [2.05, 4.69) is 15.8 Å². The number of rotatable bonds is 6. The summed E-state index contributed by atoms with van der Waals surface area (Å²) in [6.07, 6.45) is 1.16. The summed E-state index contributed by atoms with van der Waals surface area (Å²) < 4.78 is 0. The first-order chi connectivity index (χ1) is 13.5. The monoisotopic (exact) mass is 378 g/mol. The largest absolute Gasteiger partial charge is 0.507 e. The number of nitrogens with one attached hydrogen (secondary N) is 2. The van der Waals surface area contributed by atoms with Gasteiger partial charge in [-0.25, -0.2) is 5.43 Å². The summed E-state index contributed by atoms with van der Waals surface area (Å²) in [7, 11) is 0. The molecule has 28 heavy (non-hydrogen) atoms. The maximum absolute atomic E-state index is 12.3. The molecule has 3 N–H and O–H groups in total. The van der Waals surface area contributed by atoms with Crippen LogP contribution in [0.4, 0.5) is 11.4 Å². The highest BCUT2D eigenvalue weighted by Crippen LogP contribution is 2.23. The van der Waals surface area contributed by atoms with Gasteiger partial charge in [-0.2, -0.15) is 5.10 Å². The van der Waals surface area contributed by atoms with Gasteiger partial charge in [-0.05, 0) is 24.4 Å². The van der Waals surface area contributed by atoms with E-state index < -0.39 is 16.9 Å². The predicted molar refractivity (Wildman–Crippen MR) is 108 cm³/mol. The van der Waals surface area contributed by atoms with Gasteiger partial charge in [-0.3, -0.25) is 14.9 Å². The number of carbonyl (C=O) groups excluding carboxylic acids is 1. The highest BCUT2D eigenvalue weighted by Gasteiger charge is 2.13. The van der Waals surface area contributed by atoms with Crippen LogP contribution < -0.4 is 10.7 Å². The molecule has 0 radical (unpaired) electrons. The number of phenolic OH excluding ortho intramolecular Hbond substituents is 1. The molecule has 0 bridgehead atoms. The number of anilines is 1. The lowest BCUT2D eigenvalue weighted by Gasteiger charge is -2.15. The lowest BCUT2D eigenvalue weighted by atomic mass is 10.1. The molecule has 3 aromatic rings. The first-order valence-electron chi connectivity index (χ1n) is 8.50. The highest BCUT2D eigenvalue weighted by molar-refractivity contribution is 5.96. The quantitative estimate of drug-likeness (QED) is 0.345. The molecule has 0 saturated carbocycles. The fourth-order valence-corrected chi connectivity index (χ4v) is 2.67. The lowest BCUT2D eigenvalue weighted by molar-refractivity contribution is -0.384. The topological polar surface area (TPSA) is 117 Å². The van der Waals surface area contributed by atoms with Crippen molar-refractivity contribution < 1.29 is 14.8 Å². The van der Waals surface area contributed by atoms with Crippen molar-refractivity contribution in [3.05, 3.63) is 76.3 Å². The lowest BCUT2D eigenvalue weighted by Crippen LogP contribution is -2.34. The third-order valence-electron chi connectivity index (χ3n) is 4.16. The van der Waals surface area contributed by atoms with E-state index >= 15 is 0 Å². The van der Waals surface area contributed by atoms with Crippen LogP contribution in [0.5, 0.6) is 5.75 Å². The highest BCUT2D eigenvalue weighted by atomic mass is 16.6. The zero-order valence-electron chi connectivity index (χ0n) is 15.0. The van der Waals surface area contributed by atoms with Crippen molar-refractivity contribution >= 4 is 34.3 Å². The van der Waals surface area contributed by atoms with E-state index in [4.69, 9.17) is 0 Å². The Labute approximate surface area is 160 Å². The molecule has 0 unspecified atom stereocenters. The summed E-state index contributed by atoms with van der Waals surface area (Å²) >= 11 is 0. The fraction of sp³-hybridized carbons (Fsp3) is 0.100. The first-order valence-corrected chi connectivity index (χ1v) is 8.50. The van der Waals surface area contributed by atoms with Crippen molar-refractivity contribution in [2.24, 2.45) is 5.10 Å². The second kappa shape index (κ2) is 8.17. The molecule has 0 fully saturated rings. The zero-order valence-corrected chi connectivity index (χ0v) is 15.0. The summed E-state index contributed by atoms with van der Waals surface area (Å²) in [5.74, 6) is -0.570. The first kappa shape index (κ1) is 18.8. The van der Waals surface area contributed by atoms with Gasteiger partial charge in [-0.15, -0.1) is 0 Å². The molecule has 1 amide bonds. The van der Waals surface area contributed by atoms with Gasteiger partial charge in [0.2, 0.25) is 0 Å². The molecule has 0 aliphatic heterocycles. The number of carbonyl (C=O) groups is 1. The number of nitrogens with zero attached hydrogens (tertiary/aromatic N) is 2. The number of benzene rings is 3. The maximum Gasteiger partial charge on any atom is 0.270 e. The fourth-order valence-electron chi connectivity index (χ4n) is 2.67. The minimum absolute atomic E-state index is 0.129. The average Bonchev–Trinajstić information content (AvgIpc) is 2.69. The summed E-state index contributed by atoms with van der Waals surface area (Å²) in [6.45, 7) is 1.69. The smallest absolute Gasteiger partial charge is 0.270 e. The van der Waals surface area contributed by atoms with Crippen molar-refractivity contribution in [2.45, 2.75) is 13.0 Å². The summed E-state index contributed by atoms with van der Waals surface area (Å²) in [6, 6.07) is 16.6. The molecular formula is C20H18N4O4. The molecular weight excluding hydrogens is 360 g/mol. The number of hydrazone groups is 1. The van der Waals surface area contributed by atoms with Gasteiger partial charge >= 0.3 is 0 Å². The van der Waals surface area contributed by atoms with Crippen LogP contribution in [0.1, 0.15) is 12.5 Å². The van der Waals surface area contributed by atoms with Crippen molar-refractivity contribution in [1.29, 1.82) is 0 Å². The summed E-state index contributed by atoms with van der Waals surface area (Å²) in [5, 5.41) is 29.5. The molecule has 3 aromatic carbocycles. The Hall–Kier alpha value is -3.94. The molecule has 1 atom stereocenters. The zero-order chi connectivity index (χ0) is 20.1. The van der Waals surface area contributed by atoms with E-state index in [0.717, 1.165) is 22.7 Å². The number of aromatic hydroxyl groups is 1. The third-order valence-corrected chi connectivity index (χ3v) is 4.16. The minimum atomic E-state index is -0.582. The Morgan fingerprint density at radius 1 is 1.18 bits per heavy atom. The van der Waals surface area contributed by atoms with Gasteiger partial charge in [0.15, 0.2) is 0 Å². The van der Waals surface area contributed by atoms with Crippen LogP contribution in [0.25, 0.3) is 10.8 Å². The number of non-ortho nitro benzene ring substituents is 1. The molecule has 0 aliphatic carbocycles. The molecule has 8 nitrogen and oxygen atoms in total. The second-order valence-electron chi connectivity index (χ2n) is 6.13. The van der Waals surface area contributed by atoms with E-state index in [0.29, 0.717) is 0 Å². The Bertz CT molecular complexity index is 1060. The molecule has 3 rings (SSSR count). The number of nitro groups is 1. The Morgan fingerprint density at radius 2 is 1.93 bits per heavy atom. The van der Waals surface area contributed by atoms with Crippen molar-refractivity contribution in [3.8, 4) is 5.75 Å². The van der Waals surface area contributed by atoms with Crippen molar-refractivity contribution in [2.75, 3.05) is 5.32 Å². The normalized spacial score (nSPS) is 12.0. The van der Waals surface area contributed by atoms with Gasteiger partial charge in [0.05, 0.1) is 11.1 Å². The van der Waals surface area contributed by atoms with Crippen LogP contribution in [0.3, 0.4) is 0 Å². The molecule has 0 aromatic heterocycles. The predicted octanol–water partition coefficient (Wildman–Crippen LogP) is 3.40. The van der Waals surface area contributed by atoms with Crippen LogP contribution >= 0.6 is 0 Å². The van der Waals surface area contributed by atoms with Gasteiger partial charge in [0, 0.05) is 28.8 Å². The molecule has 142 valence electrons. The summed E-state index contributed by atoms with van der Waals surface area (Å²) in [4.78, 5) is 22.5. The molecule has 0 aliphatic rings. The third kappa shape index (κ3) is 4.24. The number of nitro benzene ring substituents is 1. The number of hydrogen-bond donors (Lipinski definition) is 3. The van der Waals surface area contributed by atoms with Crippen molar-refractivity contribution in [1.82, 2.24) is 5.43 Å². The second-order valence-corrected chi connectivity index (χ2v) is 6.13. The van der Waals surface area contributed by atoms with Crippen LogP contribution in [0.15, 0.2) is 65.8 Å². The minimum Gasteiger partial charge on any atom is -0.507 e. The van der Waals surface area contributed by atoms with E-state index in [1.165, 1.54) is 18.2 Å². The number of hydrogen-bond acceptors (Lipinski definition) is 6. The van der Waals surface area contributed by atoms with Gasteiger partial charge < -0.3 is 10.4 Å². The summed E-state index contributed by atoms with van der Waals surface area (Å²) in [5.41, 5.74) is 3.13. The van der Waals surface area contributed by atoms with Gasteiger partial charge in [0.1, 0.15) is 11.8 Å². The Kier molecular flexibility index (Phi) is 5.50. The Balaban J connectivity index is 1.67. The number of amides is 1. The SMILES string of the molecule is C[C@@H](Nc1cccc2ccccc12)C(=O)N/N=C\c1cc([N+](=O)[O-])ccc1O. The molecule has 0 spiro atoms.